The minimum Gasteiger partial charge on any atom is -0.472 e. The second-order valence-electron chi connectivity index (χ2n) is 7.48. The van der Waals surface area contributed by atoms with E-state index in [2.05, 4.69) is 19.9 Å². The molecule has 0 bridgehead atoms. The molecule has 0 aliphatic heterocycles. The summed E-state index contributed by atoms with van der Waals surface area (Å²) in [5.41, 5.74) is 1.18. The first-order valence-electron chi connectivity index (χ1n) is 8.28. The smallest absolute Gasteiger partial charge is 0.0934 e. The first-order valence-corrected chi connectivity index (χ1v) is 8.28. The number of aryl methyl sites for hydroxylation is 1. The molecule has 0 aromatic carbocycles. The average molecular weight is 276 g/mol. The number of aliphatic hydroxyl groups is 1. The maximum atomic E-state index is 11.1. The molecular weight excluding hydrogens is 248 g/mol. The molecule has 0 amide bonds. The minimum atomic E-state index is -0.379. The van der Waals surface area contributed by atoms with E-state index >= 15 is 0 Å². The fraction of sp³-hybridized carbons (Fsp3) is 0.778. The molecule has 112 valence electrons. The molecule has 2 heteroatoms. The van der Waals surface area contributed by atoms with Crippen LogP contribution >= 0.6 is 0 Å². The van der Waals surface area contributed by atoms with Gasteiger partial charge >= 0.3 is 0 Å². The number of hydrogen-bond acceptors (Lipinski definition) is 2. The standard InChI is InChI=1S/C18H28O2/c1-14-6-11-18(19)9-4-3-5-16(18)17(14,2)10-7-15-8-12-20-13-15/h8,12-14,16,19H,3-7,9-11H2,1-2H3. The molecule has 1 aromatic rings. The van der Waals surface area contributed by atoms with E-state index < -0.39 is 0 Å². The molecule has 2 saturated carbocycles. The Morgan fingerprint density at radius 2 is 2.15 bits per heavy atom. The maximum Gasteiger partial charge on any atom is 0.0934 e. The minimum absolute atomic E-state index is 0.269. The molecule has 3 rings (SSSR count). The Morgan fingerprint density at radius 1 is 1.30 bits per heavy atom. The lowest BCUT2D eigenvalue weighted by atomic mass is 9.51. The molecular formula is C18H28O2. The zero-order valence-electron chi connectivity index (χ0n) is 12.9. The van der Waals surface area contributed by atoms with Gasteiger partial charge in [-0.1, -0.05) is 26.7 Å². The van der Waals surface area contributed by atoms with Crippen LogP contribution in [0.4, 0.5) is 0 Å². The van der Waals surface area contributed by atoms with Crippen molar-refractivity contribution in [3.05, 3.63) is 24.2 Å². The van der Waals surface area contributed by atoms with Crippen molar-refractivity contribution < 1.29 is 9.52 Å². The fourth-order valence-electron chi connectivity index (χ4n) is 4.87. The van der Waals surface area contributed by atoms with Crippen LogP contribution in [0.25, 0.3) is 0 Å². The van der Waals surface area contributed by atoms with Gasteiger partial charge in [0.2, 0.25) is 0 Å². The zero-order valence-corrected chi connectivity index (χ0v) is 12.9. The van der Waals surface area contributed by atoms with Gasteiger partial charge in [0.15, 0.2) is 0 Å². The lowest BCUT2D eigenvalue weighted by Gasteiger charge is -2.56. The van der Waals surface area contributed by atoms with Crippen LogP contribution in [0.2, 0.25) is 0 Å². The lowest BCUT2D eigenvalue weighted by molar-refractivity contribution is -0.153. The van der Waals surface area contributed by atoms with Crippen molar-refractivity contribution in [2.24, 2.45) is 17.3 Å². The van der Waals surface area contributed by atoms with Crippen molar-refractivity contribution in [1.29, 1.82) is 0 Å². The van der Waals surface area contributed by atoms with Crippen molar-refractivity contribution >= 4 is 0 Å². The van der Waals surface area contributed by atoms with Crippen LogP contribution in [0.5, 0.6) is 0 Å². The predicted molar refractivity (Wildman–Crippen MR) is 80.4 cm³/mol. The molecule has 4 unspecified atom stereocenters. The van der Waals surface area contributed by atoms with Gasteiger partial charge in [-0.05, 0) is 67.4 Å². The molecule has 2 nitrogen and oxygen atoms in total. The normalized spacial score (nSPS) is 41.4. The highest BCUT2D eigenvalue weighted by Gasteiger charge is 2.53. The Labute approximate surface area is 122 Å². The van der Waals surface area contributed by atoms with Gasteiger partial charge < -0.3 is 9.52 Å². The molecule has 0 radical (unpaired) electrons. The van der Waals surface area contributed by atoms with Crippen molar-refractivity contribution in [2.45, 2.75) is 70.8 Å². The van der Waals surface area contributed by atoms with E-state index in [1.54, 1.807) is 6.26 Å². The van der Waals surface area contributed by atoms with Crippen LogP contribution in [0.1, 0.15) is 64.4 Å². The van der Waals surface area contributed by atoms with Gasteiger partial charge in [0.25, 0.3) is 0 Å². The highest BCUT2D eigenvalue weighted by atomic mass is 16.3. The Balaban J connectivity index is 1.79. The van der Waals surface area contributed by atoms with E-state index in [4.69, 9.17) is 4.42 Å². The summed E-state index contributed by atoms with van der Waals surface area (Å²) in [5.74, 6) is 1.19. The van der Waals surface area contributed by atoms with Gasteiger partial charge in [-0.15, -0.1) is 0 Å². The number of furan rings is 1. The summed E-state index contributed by atoms with van der Waals surface area (Å²) < 4.78 is 5.19. The topological polar surface area (TPSA) is 33.4 Å². The molecule has 0 spiro atoms. The van der Waals surface area contributed by atoms with Crippen molar-refractivity contribution in [3.63, 3.8) is 0 Å². The highest BCUT2D eigenvalue weighted by molar-refractivity contribution is 5.09. The Bertz CT molecular complexity index is 438. The maximum absolute atomic E-state index is 11.1. The third-order valence-electron chi connectivity index (χ3n) is 6.47. The van der Waals surface area contributed by atoms with Gasteiger partial charge in [0.1, 0.15) is 0 Å². The molecule has 4 atom stereocenters. The summed E-state index contributed by atoms with van der Waals surface area (Å²) >= 11 is 0. The summed E-state index contributed by atoms with van der Waals surface area (Å²) in [4.78, 5) is 0. The molecule has 1 heterocycles. The Morgan fingerprint density at radius 3 is 2.90 bits per heavy atom. The zero-order chi connectivity index (χ0) is 14.2. The van der Waals surface area contributed by atoms with Crippen LogP contribution in [0.3, 0.4) is 0 Å². The molecule has 2 aliphatic rings. The van der Waals surface area contributed by atoms with Gasteiger partial charge in [-0.2, -0.15) is 0 Å². The first kappa shape index (κ1) is 14.2. The van der Waals surface area contributed by atoms with Gasteiger partial charge in [0.05, 0.1) is 18.1 Å². The summed E-state index contributed by atoms with van der Waals surface area (Å²) in [6, 6.07) is 2.07. The van der Waals surface area contributed by atoms with Crippen molar-refractivity contribution in [2.75, 3.05) is 0 Å². The monoisotopic (exact) mass is 276 g/mol. The summed E-state index contributed by atoms with van der Waals surface area (Å²) in [6.07, 6.45) is 12.8. The SMILES string of the molecule is CC1CCC2(O)CCCCC2C1(C)CCc1ccoc1. The van der Waals surface area contributed by atoms with E-state index in [0.717, 1.165) is 19.3 Å². The fourth-order valence-corrected chi connectivity index (χ4v) is 4.87. The van der Waals surface area contributed by atoms with Crippen LogP contribution in [0, 0.1) is 17.3 Å². The third kappa shape index (κ3) is 2.32. The van der Waals surface area contributed by atoms with E-state index in [-0.39, 0.29) is 11.0 Å². The summed E-state index contributed by atoms with van der Waals surface area (Å²) in [5, 5.41) is 11.1. The second kappa shape index (κ2) is 5.22. The molecule has 1 N–H and O–H groups in total. The highest BCUT2D eigenvalue weighted by Crippen LogP contribution is 2.57. The summed E-state index contributed by atoms with van der Waals surface area (Å²) in [6.45, 7) is 4.82. The Kier molecular flexibility index (Phi) is 3.70. The van der Waals surface area contributed by atoms with E-state index in [0.29, 0.717) is 11.8 Å². The van der Waals surface area contributed by atoms with Crippen LogP contribution in [-0.4, -0.2) is 10.7 Å². The molecule has 0 saturated heterocycles. The number of fused-ring (bicyclic) bond motifs is 1. The van der Waals surface area contributed by atoms with Gasteiger partial charge in [-0.25, -0.2) is 0 Å². The van der Waals surface area contributed by atoms with Gasteiger partial charge in [-0.3, -0.25) is 0 Å². The third-order valence-corrected chi connectivity index (χ3v) is 6.47. The number of hydrogen-bond donors (Lipinski definition) is 1. The van der Waals surface area contributed by atoms with Crippen molar-refractivity contribution in [3.8, 4) is 0 Å². The molecule has 1 aromatic heterocycles. The van der Waals surface area contributed by atoms with E-state index in [9.17, 15) is 5.11 Å². The average Bonchev–Trinajstić information content (AvgIpc) is 2.95. The first-order chi connectivity index (χ1) is 9.55. The second-order valence-corrected chi connectivity index (χ2v) is 7.48. The largest absolute Gasteiger partial charge is 0.472 e. The predicted octanol–water partition coefficient (Wildman–Crippen LogP) is 4.57. The van der Waals surface area contributed by atoms with Crippen LogP contribution in [-0.2, 0) is 6.42 Å². The van der Waals surface area contributed by atoms with E-state index in [1.165, 1.54) is 37.7 Å². The molecule has 20 heavy (non-hydrogen) atoms. The summed E-state index contributed by atoms with van der Waals surface area (Å²) in [7, 11) is 0. The number of rotatable bonds is 3. The quantitative estimate of drug-likeness (QED) is 0.877. The van der Waals surface area contributed by atoms with Gasteiger partial charge in [0, 0.05) is 0 Å². The van der Waals surface area contributed by atoms with Crippen LogP contribution in [0.15, 0.2) is 23.0 Å². The Hall–Kier alpha value is -0.760. The van der Waals surface area contributed by atoms with E-state index in [1.807, 2.05) is 6.26 Å². The molecule has 2 aliphatic carbocycles. The van der Waals surface area contributed by atoms with Crippen molar-refractivity contribution in [1.82, 2.24) is 0 Å². The lowest BCUT2D eigenvalue weighted by Crippen LogP contribution is -2.55. The molecule has 2 fully saturated rings. The van der Waals surface area contributed by atoms with Crippen LogP contribution < -0.4 is 0 Å².